The third-order valence-electron chi connectivity index (χ3n) is 4.56. The Morgan fingerprint density at radius 2 is 1.94 bits per heavy atom. The summed E-state index contributed by atoms with van der Waals surface area (Å²) in [7, 11) is 0. The van der Waals surface area contributed by atoms with E-state index in [9.17, 15) is 14.7 Å². The number of amides is 1. The van der Waals surface area contributed by atoms with Gasteiger partial charge in [-0.2, -0.15) is 0 Å². The van der Waals surface area contributed by atoms with Crippen LogP contribution in [-0.4, -0.2) is 47.2 Å². The highest BCUT2D eigenvalue weighted by atomic mass is 16.5. The number of ether oxygens (including phenoxy) is 1. The second-order valence-corrected chi connectivity index (χ2v) is 5.65. The molecule has 0 aromatic heterocycles. The molecule has 100 valence electrons. The van der Waals surface area contributed by atoms with Crippen LogP contribution in [0.3, 0.4) is 0 Å². The number of morpholine rings is 1. The van der Waals surface area contributed by atoms with E-state index in [1.165, 1.54) is 0 Å². The van der Waals surface area contributed by atoms with Gasteiger partial charge in [0, 0.05) is 6.54 Å². The van der Waals surface area contributed by atoms with Crippen LogP contribution in [0.1, 0.15) is 38.5 Å². The number of carboxylic acid groups (broad SMARTS) is 1. The highest BCUT2D eigenvalue weighted by molar-refractivity contribution is 6.05. The number of fused-ring (bicyclic) bond motifs is 1. The average Bonchev–Trinajstić information content (AvgIpc) is 3.19. The average molecular weight is 253 g/mol. The molecule has 3 rings (SSSR count). The summed E-state index contributed by atoms with van der Waals surface area (Å²) in [6.45, 7) is 1.09. The van der Waals surface area contributed by atoms with E-state index in [0.29, 0.717) is 26.0 Å². The van der Waals surface area contributed by atoms with Crippen molar-refractivity contribution >= 4 is 11.9 Å². The number of rotatable bonds is 2. The maximum atomic E-state index is 12.5. The van der Waals surface area contributed by atoms with Crippen LogP contribution in [0.5, 0.6) is 0 Å². The molecule has 0 radical (unpaired) electrons. The number of nitrogens with zero attached hydrogens (tertiary/aromatic N) is 1. The molecule has 2 aliphatic carbocycles. The molecule has 1 heterocycles. The first-order valence-corrected chi connectivity index (χ1v) is 6.81. The molecule has 2 unspecified atom stereocenters. The minimum absolute atomic E-state index is 0.108. The van der Waals surface area contributed by atoms with Crippen molar-refractivity contribution in [2.24, 2.45) is 5.41 Å². The van der Waals surface area contributed by atoms with E-state index in [1.54, 1.807) is 4.90 Å². The Hall–Kier alpha value is -1.10. The second kappa shape index (κ2) is 4.23. The van der Waals surface area contributed by atoms with Gasteiger partial charge in [-0.15, -0.1) is 0 Å². The van der Waals surface area contributed by atoms with Crippen LogP contribution < -0.4 is 0 Å². The largest absolute Gasteiger partial charge is 0.480 e. The van der Waals surface area contributed by atoms with Crippen molar-refractivity contribution in [2.45, 2.75) is 50.7 Å². The summed E-state index contributed by atoms with van der Waals surface area (Å²) >= 11 is 0. The summed E-state index contributed by atoms with van der Waals surface area (Å²) in [6.07, 6.45) is 5.31. The molecule has 1 N–H and O–H groups in total. The smallest absolute Gasteiger partial charge is 0.319 e. The van der Waals surface area contributed by atoms with Crippen molar-refractivity contribution < 1.29 is 19.4 Å². The fourth-order valence-electron chi connectivity index (χ4n) is 3.27. The summed E-state index contributed by atoms with van der Waals surface area (Å²) in [6, 6.07) is 0.108. The maximum absolute atomic E-state index is 12.5. The molecule has 3 fully saturated rings. The van der Waals surface area contributed by atoms with E-state index in [4.69, 9.17) is 4.74 Å². The highest BCUT2D eigenvalue weighted by Crippen LogP contribution is 2.48. The summed E-state index contributed by atoms with van der Waals surface area (Å²) in [5, 5.41) is 9.22. The number of carbonyl (C=O) groups excluding carboxylic acids is 1. The van der Waals surface area contributed by atoms with Gasteiger partial charge in [0.25, 0.3) is 0 Å². The van der Waals surface area contributed by atoms with Crippen LogP contribution in [0.25, 0.3) is 0 Å². The molecule has 2 atom stereocenters. The number of carbonyl (C=O) groups is 2. The SMILES string of the molecule is O=C(O)C1(C(=O)N2CCOC3CCCCC32)CC1. The molecule has 5 nitrogen and oxygen atoms in total. The third kappa shape index (κ3) is 1.72. The van der Waals surface area contributed by atoms with Crippen LogP contribution in [-0.2, 0) is 14.3 Å². The fraction of sp³-hybridized carbons (Fsp3) is 0.846. The molecule has 1 aliphatic heterocycles. The minimum Gasteiger partial charge on any atom is -0.480 e. The molecule has 1 amide bonds. The predicted molar refractivity (Wildman–Crippen MR) is 63.0 cm³/mol. The van der Waals surface area contributed by atoms with Crippen molar-refractivity contribution in [3.05, 3.63) is 0 Å². The zero-order chi connectivity index (χ0) is 12.8. The summed E-state index contributed by atoms with van der Waals surface area (Å²) in [5.74, 6) is -1.12. The Bertz CT molecular complexity index is 375. The van der Waals surface area contributed by atoms with Gasteiger partial charge in [-0.25, -0.2) is 0 Å². The summed E-state index contributed by atoms with van der Waals surface area (Å²) in [5.41, 5.74) is -1.10. The van der Waals surface area contributed by atoms with E-state index in [-0.39, 0.29) is 18.1 Å². The van der Waals surface area contributed by atoms with Crippen LogP contribution in [0.2, 0.25) is 0 Å². The van der Waals surface area contributed by atoms with E-state index >= 15 is 0 Å². The van der Waals surface area contributed by atoms with Gasteiger partial charge in [-0.3, -0.25) is 9.59 Å². The molecule has 1 saturated heterocycles. The topological polar surface area (TPSA) is 66.8 Å². The fourth-order valence-corrected chi connectivity index (χ4v) is 3.27. The Morgan fingerprint density at radius 3 is 2.61 bits per heavy atom. The summed E-state index contributed by atoms with van der Waals surface area (Å²) < 4.78 is 5.71. The molecule has 0 aromatic rings. The van der Waals surface area contributed by atoms with Crippen LogP contribution in [0.15, 0.2) is 0 Å². The first kappa shape index (κ1) is 12.0. The Balaban J connectivity index is 1.78. The molecule has 2 saturated carbocycles. The lowest BCUT2D eigenvalue weighted by Crippen LogP contribution is -2.57. The number of aliphatic carboxylic acids is 1. The highest BCUT2D eigenvalue weighted by Gasteiger charge is 2.59. The van der Waals surface area contributed by atoms with E-state index in [0.717, 1.165) is 25.7 Å². The van der Waals surface area contributed by atoms with E-state index < -0.39 is 11.4 Å². The zero-order valence-corrected chi connectivity index (χ0v) is 10.4. The second-order valence-electron chi connectivity index (χ2n) is 5.65. The van der Waals surface area contributed by atoms with Crippen LogP contribution in [0.4, 0.5) is 0 Å². The van der Waals surface area contributed by atoms with Gasteiger partial charge >= 0.3 is 5.97 Å². The van der Waals surface area contributed by atoms with Gasteiger partial charge in [0.2, 0.25) is 5.91 Å². The third-order valence-corrected chi connectivity index (χ3v) is 4.56. The van der Waals surface area contributed by atoms with Gasteiger partial charge in [-0.1, -0.05) is 12.8 Å². The normalized spacial score (nSPS) is 33.7. The van der Waals surface area contributed by atoms with Crippen molar-refractivity contribution in [3.8, 4) is 0 Å². The maximum Gasteiger partial charge on any atom is 0.319 e. The lowest BCUT2D eigenvalue weighted by Gasteiger charge is -2.44. The van der Waals surface area contributed by atoms with Crippen LogP contribution in [0, 0.1) is 5.41 Å². The van der Waals surface area contributed by atoms with Crippen LogP contribution >= 0.6 is 0 Å². The lowest BCUT2D eigenvalue weighted by molar-refractivity contribution is -0.163. The minimum atomic E-state index is -1.10. The standard InChI is InChI=1S/C13H19NO4/c15-11(13(5-6-13)12(16)17)14-7-8-18-10-4-2-1-3-9(10)14/h9-10H,1-8H2,(H,16,17). The number of carboxylic acids is 1. The van der Waals surface area contributed by atoms with Gasteiger partial charge in [0.1, 0.15) is 5.41 Å². The molecule has 0 spiro atoms. The number of hydrogen-bond donors (Lipinski definition) is 1. The van der Waals surface area contributed by atoms with Gasteiger partial charge in [-0.05, 0) is 25.7 Å². The predicted octanol–water partition coefficient (Wildman–Crippen LogP) is 1.02. The lowest BCUT2D eigenvalue weighted by atomic mass is 9.89. The van der Waals surface area contributed by atoms with Crippen molar-refractivity contribution in [1.29, 1.82) is 0 Å². The molecule has 0 bridgehead atoms. The molecule has 3 aliphatic rings. The molecular weight excluding hydrogens is 234 g/mol. The zero-order valence-electron chi connectivity index (χ0n) is 10.4. The summed E-state index contributed by atoms with van der Waals surface area (Å²) in [4.78, 5) is 25.5. The molecule has 18 heavy (non-hydrogen) atoms. The van der Waals surface area contributed by atoms with Gasteiger partial charge < -0.3 is 14.7 Å². The monoisotopic (exact) mass is 253 g/mol. The van der Waals surface area contributed by atoms with Crippen molar-refractivity contribution in [1.82, 2.24) is 4.90 Å². The number of hydrogen-bond acceptors (Lipinski definition) is 3. The Kier molecular flexibility index (Phi) is 2.81. The van der Waals surface area contributed by atoms with Crippen molar-refractivity contribution in [3.63, 3.8) is 0 Å². The van der Waals surface area contributed by atoms with Gasteiger partial charge in [0.05, 0.1) is 18.8 Å². The first-order valence-electron chi connectivity index (χ1n) is 6.81. The van der Waals surface area contributed by atoms with Crippen molar-refractivity contribution in [2.75, 3.05) is 13.2 Å². The molecule has 5 heteroatoms. The molecular formula is C13H19NO4. The quantitative estimate of drug-likeness (QED) is 0.746. The van der Waals surface area contributed by atoms with Gasteiger partial charge in [0.15, 0.2) is 0 Å². The van der Waals surface area contributed by atoms with E-state index in [1.807, 2.05) is 0 Å². The molecule has 0 aromatic carbocycles. The van der Waals surface area contributed by atoms with E-state index in [2.05, 4.69) is 0 Å². The Morgan fingerprint density at radius 1 is 1.22 bits per heavy atom. The first-order chi connectivity index (χ1) is 8.65. The Labute approximate surface area is 106 Å².